The highest BCUT2D eigenvalue weighted by Crippen LogP contribution is 2.12. The molecule has 92 valence electrons. The molecule has 3 atom stereocenters. The zero-order valence-electron chi connectivity index (χ0n) is 9.55. The van der Waals surface area contributed by atoms with Crippen LogP contribution in [0.15, 0.2) is 0 Å². The number of hydrogen-bond donors (Lipinski definition) is 2. The first-order valence-electron chi connectivity index (χ1n) is 5.31. The van der Waals surface area contributed by atoms with Crippen LogP contribution >= 0.6 is 0 Å². The Morgan fingerprint density at radius 2 is 1.94 bits per heavy atom. The summed E-state index contributed by atoms with van der Waals surface area (Å²) in [5, 5.41) is 8.56. The Hall–Kier alpha value is -1.14. The molecule has 0 bridgehead atoms. The molecule has 0 spiro atoms. The lowest BCUT2D eigenvalue weighted by Crippen LogP contribution is -2.53. The lowest BCUT2D eigenvalue weighted by atomic mass is 10.1. The van der Waals surface area contributed by atoms with E-state index in [-0.39, 0.29) is 24.5 Å². The minimum absolute atomic E-state index is 0.0373. The zero-order chi connectivity index (χ0) is 12.3. The van der Waals surface area contributed by atoms with E-state index in [9.17, 15) is 9.59 Å². The van der Waals surface area contributed by atoms with Gasteiger partial charge in [0.2, 0.25) is 5.91 Å². The number of nitrogens with zero attached hydrogens (tertiary/aromatic N) is 1. The van der Waals surface area contributed by atoms with Gasteiger partial charge in [-0.25, -0.2) is 0 Å². The molecular formula is C10H18N2O4. The van der Waals surface area contributed by atoms with E-state index in [0.717, 1.165) is 0 Å². The number of nitrogens with two attached hydrogens (primary N) is 1. The highest BCUT2D eigenvalue weighted by molar-refractivity contribution is 5.86. The SMILES string of the molecule is CC1CN(C(=O)C(N)CC(=O)O)CC(C)O1. The maximum Gasteiger partial charge on any atom is 0.305 e. The van der Waals surface area contributed by atoms with Crippen LogP contribution in [0.2, 0.25) is 0 Å². The van der Waals surface area contributed by atoms with Gasteiger partial charge in [0.25, 0.3) is 0 Å². The summed E-state index contributed by atoms with van der Waals surface area (Å²) in [6, 6.07) is -0.963. The number of carbonyl (C=O) groups is 2. The molecule has 1 amide bonds. The summed E-state index contributed by atoms with van der Waals surface area (Å²) in [5.41, 5.74) is 5.53. The second kappa shape index (κ2) is 5.27. The van der Waals surface area contributed by atoms with Gasteiger partial charge in [-0.2, -0.15) is 0 Å². The van der Waals surface area contributed by atoms with E-state index in [0.29, 0.717) is 13.1 Å². The van der Waals surface area contributed by atoms with Crippen LogP contribution in [0, 0.1) is 0 Å². The van der Waals surface area contributed by atoms with Gasteiger partial charge >= 0.3 is 5.97 Å². The molecule has 1 rings (SSSR count). The topological polar surface area (TPSA) is 92.9 Å². The molecule has 0 aromatic heterocycles. The zero-order valence-corrected chi connectivity index (χ0v) is 9.55. The van der Waals surface area contributed by atoms with Crippen molar-refractivity contribution in [2.24, 2.45) is 5.73 Å². The molecular weight excluding hydrogens is 212 g/mol. The first kappa shape index (κ1) is 12.9. The smallest absolute Gasteiger partial charge is 0.305 e. The van der Waals surface area contributed by atoms with Crippen LogP contribution in [0.4, 0.5) is 0 Å². The average molecular weight is 230 g/mol. The summed E-state index contributed by atoms with van der Waals surface area (Å²) in [6.45, 7) is 4.68. The monoisotopic (exact) mass is 230 g/mol. The largest absolute Gasteiger partial charge is 0.481 e. The Morgan fingerprint density at radius 1 is 1.44 bits per heavy atom. The van der Waals surface area contributed by atoms with Crippen LogP contribution in [0.5, 0.6) is 0 Å². The van der Waals surface area contributed by atoms with E-state index in [4.69, 9.17) is 15.6 Å². The molecule has 6 nitrogen and oxygen atoms in total. The van der Waals surface area contributed by atoms with E-state index in [2.05, 4.69) is 0 Å². The first-order valence-corrected chi connectivity index (χ1v) is 5.31. The number of aliphatic carboxylic acids is 1. The van der Waals surface area contributed by atoms with E-state index >= 15 is 0 Å². The van der Waals surface area contributed by atoms with Crippen LogP contribution in [-0.4, -0.2) is 53.2 Å². The highest BCUT2D eigenvalue weighted by atomic mass is 16.5. The molecule has 0 aliphatic carbocycles. The molecule has 0 saturated carbocycles. The van der Waals surface area contributed by atoms with Gasteiger partial charge in [-0.05, 0) is 13.8 Å². The average Bonchev–Trinajstić information content (AvgIpc) is 2.13. The molecule has 1 fully saturated rings. The maximum atomic E-state index is 11.8. The maximum absolute atomic E-state index is 11.8. The lowest BCUT2D eigenvalue weighted by molar-refractivity contribution is -0.148. The van der Waals surface area contributed by atoms with Gasteiger partial charge in [0.1, 0.15) is 0 Å². The van der Waals surface area contributed by atoms with Crippen LogP contribution in [0.1, 0.15) is 20.3 Å². The van der Waals surface area contributed by atoms with Gasteiger partial charge in [0.15, 0.2) is 0 Å². The fraction of sp³-hybridized carbons (Fsp3) is 0.800. The van der Waals surface area contributed by atoms with Crippen molar-refractivity contribution in [2.75, 3.05) is 13.1 Å². The Kier molecular flexibility index (Phi) is 4.26. The molecule has 1 saturated heterocycles. The van der Waals surface area contributed by atoms with Crippen molar-refractivity contribution in [3.8, 4) is 0 Å². The van der Waals surface area contributed by atoms with Gasteiger partial charge in [0.05, 0.1) is 24.7 Å². The van der Waals surface area contributed by atoms with E-state index in [1.807, 2.05) is 13.8 Å². The quantitative estimate of drug-likeness (QED) is 0.677. The fourth-order valence-corrected chi connectivity index (χ4v) is 1.87. The predicted octanol–water partition coefficient (Wildman–Crippen LogP) is -0.576. The van der Waals surface area contributed by atoms with Crippen LogP contribution in [-0.2, 0) is 14.3 Å². The molecule has 0 aromatic rings. The Bertz CT molecular complexity index is 272. The van der Waals surface area contributed by atoms with Gasteiger partial charge < -0.3 is 20.5 Å². The molecule has 3 N–H and O–H groups in total. The van der Waals surface area contributed by atoms with Gasteiger partial charge in [-0.15, -0.1) is 0 Å². The van der Waals surface area contributed by atoms with E-state index in [1.165, 1.54) is 0 Å². The summed E-state index contributed by atoms with van der Waals surface area (Å²) >= 11 is 0. The number of carboxylic acid groups (broad SMARTS) is 1. The van der Waals surface area contributed by atoms with Crippen molar-refractivity contribution in [3.63, 3.8) is 0 Å². The van der Waals surface area contributed by atoms with Crippen molar-refractivity contribution < 1.29 is 19.4 Å². The molecule has 6 heteroatoms. The second-order valence-electron chi connectivity index (χ2n) is 4.20. The van der Waals surface area contributed by atoms with Crippen LogP contribution < -0.4 is 5.73 Å². The third kappa shape index (κ3) is 3.46. The predicted molar refractivity (Wildman–Crippen MR) is 56.8 cm³/mol. The third-order valence-corrected chi connectivity index (χ3v) is 2.44. The Morgan fingerprint density at radius 3 is 2.38 bits per heavy atom. The molecule has 3 unspecified atom stereocenters. The van der Waals surface area contributed by atoms with Crippen molar-refractivity contribution in [2.45, 2.75) is 38.5 Å². The first-order chi connectivity index (χ1) is 7.40. The van der Waals surface area contributed by atoms with Crippen LogP contribution in [0.25, 0.3) is 0 Å². The second-order valence-corrected chi connectivity index (χ2v) is 4.20. The number of hydrogen-bond acceptors (Lipinski definition) is 4. The lowest BCUT2D eigenvalue weighted by Gasteiger charge is -2.36. The third-order valence-electron chi connectivity index (χ3n) is 2.44. The molecule has 0 radical (unpaired) electrons. The normalized spacial score (nSPS) is 27.6. The number of amides is 1. The van der Waals surface area contributed by atoms with Crippen molar-refractivity contribution in [3.05, 3.63) is 0 Å². The van der Waals surface area contributed by atoms with Crippen LogP contribution in [0.3, 0.4) is 0 Å². The number of rotatable bonds is 3. The van der Waals surface area contributed by atoms with Crippen molar-refractivity contribution in [1.82, 2.24) is 4.90 Å². The Labute approximate surface area is 94.3 Å². The number of carboxylic acids is 1. The van der Waals surface area contributed by atoms with Gasteiger partial charge in [-0.1, -0.05) is 0 Å². The number of carbonyl (C=O) groups excluding carboxylic acids is 1. The molecule has 16 heavy (non-hydrogen) atoms. The van der Waals surface area contributed by atoms with Crippen molar-refractivity contribution in [1.29, 1.82) is 0 Å². The number of ether oxygens (including phenoxy) is 1. The number of morpholine rings is 1. The summed E-state index contributed by atoms with van der Waals surface area (Å²) in [5.74, 6) is -1.38. The molecule has 1 aliphatic rings. The summed E-state index contributed by atoms with van der Waals surface area (Å²) in [7, 11) is 0. The minimum atomic E-state index is -1.06. The van der Waals surface area contributed by atoms with Crippen molar-refractivity contribution >= 4 is 11.9 Å². The molecule has 1 heterocycles. The fourth-order valence-electron chi connectivity index (χ4n) is 1.87. The molecule has 1 aliphatic heterocycles. The molecule has 0 aromatic carbocycles. The van der Waals surface area contributed by atoms with E-state index in [1.54, 1.807) is 4.90 Å². The van der Waals surface area contributed by atoms with Gasteiger partial charge in [-0.3, -0.25) is 9.59 Å². The Balaban J connectivity index is 2.55. The summed E-state index contributed by atoms with van der Waals surface area (Å²) in [4.78, 5) is 23.8. The summed E-state index contributed by atoms with van der Waals surface area (Å²) < 4.78 is 5.48. The van der Waals surface area contributed by atoms with E-state index < -0.39 is 12.0 Å². The summed E-state index contributed by atoms with van der Waals surface area (Å²) in [6.07, 6.45) is -0.409. The minimum Gasteiger partial charge on any atom is -0.481 e. The van der Waals surface area contributed by atoms with Gasteiger partial charge in [0, 0.05) is 13.1 Å². The highest BCUT2D eigenvalue weighted by Gasteiger charge is 2.29. The standard InChI is InChI=1S/C10H18N2O4/c1-6-4-12(5-7(2)16-6)10(15)8(11)3-9(13)14/h6-8H,3-5,11H2,1-2H3,(H,13,14).